The van der Waals surface area contributed by atoms with Crippen molar-refractivity contribution in [1.29, 1.82) is 0 Å². The van der Waals surface area contributed by atoms with E-state index < -0.39 is 10.8 Å². The van der Waals surface area contributed by atoms with Gasteiger partial charge < -0.3 is 15.0 Å². The van der Waals surface area contributed by atoms with Crippen molar-refractivity contribution in [2.45, 2.75) is 13.8 Å². The number of carbonyl (C=O) groups is 2. The maximum Gasteiger partial charge on any atom is 0.272 e. The van der Waals surface area contributed by atoms with Crippen molar-refractivity contribution in [3.05, 3.63) is 80.9 Å². The number of hydrogen-bond donors (Lipinski definition) is 1. The number of nitro benzene ring substituents is 1. The number of anilines is 1. The van der Waals surface area contributed by atoms with Crippen LogP contribution in [0.15, 0.2) is 48.5 Å². The molecule has 1 fully saturated rings. The zero-order valence-corrected chi connectivity index (χ0v) is 19.1. The molecule has 1 aromatic heterocycles. The van der Waals surface area contributed by atoms with E-state index in [1.165, 1.54) is 29.5 Å². The fraction of sp³-hybridized carbons (Fsp3) is 0.250. The molecule has 3 aromatic rings. The summed E-state index contributed by atoms with van der Waals surface area (Å²) in [5.74, 6) is -0.575. The second-order valence-electron chi connectivity index (χ2n) is 7.74. The molecule has 1 N–H and O–H groups in total. The molecule has 9 heteroatoms. The fourth-order valence-corrected chi connectivity index (χ4v) is 5.02. The zero-order valence-electron chi connectivity index (χ0n) is 18.3. The smallest absolute Gasteiger partial charge is 0.272 e. The van der Waals surface area contributed by atoms with Crippen LogP contribution in [0.1, 0.15) is 31.8 Å². The summed E-state index contributed by atoms with van der Waals surface area (Å²) in [5, 5.41) is 14.4. The molecule has 2 aromatic carbocycles. The van der Waals surface area contributed by atoms with Gasteiger partial charge >= 0.3 is 0 Å². The summed E-state index contributed by atoms with van der Waals surface area (Å²) in [6.45, 7) is 5.41. The van der Waals surface area contributed by atoms with Crippen LogP contribution in [0, 0.1) is 24.0 Å². The number of benzene rings is 2. The van der Waals surface area contributed by atoms with E-state index >= 15 is 0 Å². The average molecular weight is 466 g/mol. The van der Waals surface area contributed by atoms with Crippen LogP contribution in [0.25, 0.3) is 10.4 Å². The van der Waals surface area contributed by atoms with E-state index in [4.69, 9.17) is 4.74 Å². The van der Waals surface area contributed by atoms with E-state index in [9.17, 15) is 19.7 Å². The van der Waals surface area contributed by atoms with Crippen molar-refractivity contribution in [1.82, 2.24) is 4.90 Å². The van der Waals surface area contributed by atoms with Crippen molar-refractivity contribution in [2.75, 3.05) is 31.6 Å². The number of nitrogens with one attached hydrogen (secondary N) is 1. The molecule has 1 saturated heterocycles. The van der Waals surface area contributed by atoms with E-state index in [1.807, 2.05) is 37.3 Å². The number of hydrogen-bond acceptors (Lipinski definition) is 6. The zero-order chi connectivity index (χ0) is 23.5. The number of nitro groups is 1. The lowest BCUT2D eigenvalue weighted by molar-refractivity contribution is -0.385. The summed E-state index contributed by atoms with van der Waals surface area (Å²) >= 11 is 1.35. The van der Waals surface area contributed by atoms with E-state index in [0.29, 0.717) is 42.4 Å². The first kappa shape index (κ1) is 22.6. The lowest BCUT2D eigenvalue weighted by Gasteiger charge is -2.27. The predicted molar refractivity (Wildman–Crippen MR) is 127 cm³/mol. The van der Waals surface area contributed by atoms with E-state index in [0.717, 1.165) is 16.0 Å². The molecule has 0 spiro atoms. The van der Waals surface area contributed by atoms with Crippen LogP contribution in [0.4, 0.5) is 10.7 Å². The molecule has 0 atom stereocenters. The van der Waals surface area contributed by atoms with Crippen molar-refractivity contribution in [2.24, 2.45) is 0 Å². The Labute approximate surface area is 194 Å². The molecule has 0 radical (unpaired) electrons. The van der Waals surface area contributed by atoms with Gasteiger partial charge in [0.25, 0.3) is 17.5 Å². The first-order valence-corrected chi connectivity index (χ1v) is 11.3. The first-order chi connectivity index (χ1) is 15.9. The minimum Gasteiger partial charge on any atom is -0.378 e. The summed E-state index contributed by atoms with van der Waals surface area (Å²) in [6.07, 6.45) is 0. The third-order valence-corrected chi connectivity index (χ3v) is 6.83. The first-order valence-electron chi connectivity index (χ1n) is 10.5. The monoisotopic (exact) mass is 465 g/mol. The molecule has 8 nitrogen and oxygen atoms in total. The van der Waals surface area contributed by atoms with Crippen LogP contribution in [0.3, 0.4) is 0 Å². The third kappa shape index (κ3) is 4.64. The van der Waals surface area contributed by atoms with Gasteiger partial charge in [-0.05, 0) is 37.1 Å². The third-order valence-electron chi connectivity index (χ3n) is 5.58. The lowest BCUT2D eigenvalue weighted by atomic mass is 10.1. The van der Waals surface area contributed by atoms with Gasteiger partial charge in [-0.2, -0.15) is 0 Å². The Hall–Kier alpha value is -3.56. The molecule has 170 valence electrons. The van der Waals surface area contributed by atoms with Crippen LogP contribution >= 0.6 is 11.3 Å². The highest BCUT2D eigenvalue weighted by Gasteiger charge is 2.28. The van der Waals surface area contributed by atoms with Crippen molar-refractivity contribution in [3.8, 4) is 10.4 Å². The summed E-state index contributed by atoms with van der Waals surface area (Å²) in [4.78, 5) is 39.7. The summed E-state index contributed by atoms with van der Waals surface area (Å²) < 4.78 is 5.37. The molecule has 0 bridgehead atoms. The van der Waals surface area contributed by atoms with Crippen molar-refractivity contribution >= 4 is 33.8 Å². The summed E-state index contributed by atoms with van der Waals surface area (Å²) in [7, 11) is 0. The molecular weight excluding hydrogens is 442 g/mol. The van der Waals surface area contributed by atoms with Gasteiger partial charge in [-0.1, -0.05) is 30.3 Å². The SMILES string of the molecule is Cc1cc(C(=O)Nc2sc(-c3ccccc3)c(C)c2C(=O)N2CCOCC2)ccc1[N+](=O)[O-]. The van der Waals surface area contributed by atoms with Gasteiger partial charge in [-0.25, -0.2) is 0 Å². The number of carbonyl (C=O) groups excluding carboxylic acids is 2. The average Bonchev–Trinajstić information content (AvgIpc) is 3.14. The van der Waals surface area contributed by atoms with Gasteiger partial charge in [0.05, 0.1) is 23.7 Å². The fourth-order valence-electron chi connectivity index (χ4n) is 3.83. The highest BCUT2D eigenvalue weighted by molar-refractivity contribution is 7.20. The van der Waals surface area contributed by atoms with Crippen molar-refractivity contribution < 1.29 is 19.2 Å². The Bertz CT molecular complexity index is 1220. The Morgan fingerprint density at radius 2 is 1.79 bits per heavy atom. The highest BCUT2D eigenvalue weighted by atomic mass is 32.1. The minimum atomic E-state index is -0.481. The number of morpholine rings is 1. The Morgan fingerprint density at radius 1 is 1.09 bits per heavy atom. The summed E-state index contributed by atoms with van der Waals surface area (Å²) in [6, 6.07) is 13.9. The van der Waals surface area contributed by atoms with Gasteiger partial charge in [0, 0.05) is 35.2 Å². The molecule has 1 aliphatic heterocycles. The maximum absolute atomic E-state index is 13.4. The molecule has 1 aliphatic rings. The molecular formula is C24H23N3O5S. The molecule has 0 saturated carbocycles. The van der Waals surface area contributed by atoms with Crippen LogP contribution in [0.5, 0.6) is 0 Å². The minimum absolute atomic E-state index is 0.0481. The second kappa shape index (κ2) is 9.51. The number of aryl methyl sites for hydroxylation is 1. The molecule has 0 aliphatic carbocycles. The number of thiophene rings is 1. The Balaban J connectivity index is 1.71. The van der Waals surface area contributed by atoms with Crippen molar-refractivity contribution in [3.63, 3.8) is 0 Å². The Kier molecular flexibility index (Phi) is 6.52. The number of ether oxygens (including phenoxy) is 1. The van der Waals surface area contributed by atoms with E-state index in [-0.39, 0.29) is 17.2 Å². The van der Waals surface area contributed by atoms with Gasteiger partial charge in [-0.15, -0.1) is 11.3 Å². The topological polar surface area (TPSA) is 102 Å². The molecule has 2 amide bonds. The Morgan fingerprint density at radius 3 is 2.42 bits per heavy atom. The summed E-state index contributed by atoms with van der Waals surface area (Å²) in [5.41, 5.74) is 2.86. The van der Waals surface area contributed by atoms with E-state index in [2.05, 4.69) is 5.32 Å². The number of amides is 2. The van der Waals surface area contributed by atoms with Crippen LogP contribution < -0.4 is 5.32 Å². The van der Waals surface area contributed by atoms with Crippen LogP contribution in [-0.4, -0.2) is 47.9 Å². The molecule has 4 rings (SSSR count). The standard InChI is InChI=1S/C24H23N3O5S/c1-15-14-18(8-9-19(15)27(30)31)22(28)25-23-20(24(29)26-10-12-32-13-11-26)16(2)21(33-23)17-6-4-3-5-7-17/h3-9,14H,10-13H2,1-2H3,(H,25,28). The van der Waals surface area contributed by atoms with Gasteiger partial charge in [0.1, 0.15) is 5.00 Å². The van der Waals surface area contributed by atoms with E-state index in [1.54, 1.807) is 11.8 Å². The second-order valence-corrected chi connectivity index (χ2v) is 8.76. The van der Waals surface area contributed by atoms with Crippen LogP contribution in [-0.2, 0) is 4.74 Å². The van der Waals surface area contributed by atoms with Gasteiger partial charge in [0.15, 0.2) is 0 Å². The largest absolute Gasteiger partial charge is 0.378 e. The molecule has 33 heavy (non-hydrogen) atoms. The lowest BCUT2D eigenvalue weighted by Crippen LogP contribution is -2.41. The quantitative estimate of drug-likeness (QED) is 0.436. The van der Waals surface area contributed by atoms with Crippen LogP contribution in [0.2, 0.25) is 0 Å². The van der Waals surface area contributed by atoms with Gasteiger partial charge in [0.2, 0.25) is 0 Å². The molecule has 0 unspecified atom stereocenters. The predicted octanol–water partition coefficient (Wildman–Crippen LogP) is 4.66. The number of nitrogens with zero attached hydrogens (tertiary/aromatic N) is 2. The normalized spacial score (nSPS) is 13.6. The van der Waals surface area contributed by atoms with Gasteiger partial charge in [-0.3, -0.25) is 19.7 Å². The number of rotatable bonds is 5. The highest BCUT2D eigenvalue weighted by Crippen LogP contribution is 2.40. The molecule has 2 heterocycles. The maximum atomic E-state index is 13.4.